The van der Waals surface area contributed by atoms with Gasteiger partial charge in [0.05, 0.1) is 18.9 Å². The molecule has 0 saturated heterocycles. The lowest BCUT2D eigenvalue weighted by atomic mass is 9.96. The van der Waals surface area contributed by atoms with Crippen LogP contribution in [0, 0.1) is 17.8 Å². The monoisotopic (exact) mass is 342 g/mol. The predicted octanol–water partition coefficient (Wildman–Crippen LogP) is 5.42. The standard InChI is InChI=1S/C22H30O3/c1-5-7-20(16-22(23)24)19-10-12-21(13-11-19)25-15-14-18(4)9-6-8-17(2)3/h8,10-13,18,20H,6,9,14-16H2,1-4H3,(H,23,24)/t18-,20+/m0/s1. The second-order valence-electron chi connectivity index (χ2n) is 6.71. The molecule has 0 aromatic heterocycles. The first-order chi connectivity index (χ1) is 11.9. The molecule has 0 fully saturated rings. The maximum atomic E-state index is 10.9. The molecule has 0 bridgehead atoms. The lowest BCUT2D eigenvalue weighted by Crippen LogP contribution is -2.06. The quantitative estimate of drug-likeness (QED) is 0.456. The van der Waals surface area contributed by atoms with Crippen molar-refractivity contribution in [2.75, 3.05) is 6.61 Å². The largest absolute Gasteiger partial charge is 0.494 e. The van der Waals surface area contributed by atoms with Gasteiger partial charge >= 0.3 is 5.97 Å². The second kappa shape index (κ2) is 11.4. The van der Waals surface area contributed by atoms with Crippen LogP contribution in [0.15, 0.2) is 35.9 Å². The van der Waals surface area contributed by atoms with Gasteiger partial charge in [-0.3, -0.25) is 4.79 Å². The number of aliphatic carboxylic acids is 1. The molecular formula is C22H30O3. The number of carbonyl (C=O) groups is 1. The molecule has 0 saturated carbocycles. The number of carboxylic acids is 1. The number of hydrogen-bond acceptors (Lipinski definition) is 2. The fourth-order valence-corrected chi connectivity index (χ4v) is 2.58. The third kappa shape index (κ3) is 9.00. The average Bonchev–Trinajstić information content (AvgIpc) is 2.54. The van der Waals surface area contributed by atoms with Gasteiger partial charge in [0.15, 0.2) is 0 Å². The summed E-state index contributed by atoms with van der Waals surface area (Å²) in [5.41, 5.74) is 2.29. The van der Waals surface area contributed by atoms with E-state index in [-0.39, 0.29) is 12.3 Å². The van der Waals surface area contributed by atoms with Crippen molar-refractivity contribution < 1.29 is 14.6 Å². The van der Waals surface area contributed by atoms with E-state index in [2.05, 4.69) is 38.7 Å². The van der Waals surface area contributed by atoms with E-state index in [1.165, 1.54) is 12.0 Å². The van der Waals surface area contributed by atoms with Crippen molar-refractivity contribution in [3.63, 3.8) is 0 Å². The van der Waals surface area contributed by atoms with Crippen LogP contribution < -0.4 is 4.74 Å². The van der Waals surface area contributed by atoms with Crippen molar-refractivity contribution in [1.29, 1.82) is 0 Å². The molecule has 0 radical (unpaired) electrons. The molecule has 2 atom stereocenters. The third-order valence-electron chi connectivity index (χ3n) is 4.07. The molecular weight excluding hydrogens is 312 g/mol. The van der Waals surface area contributed by atoms with Crippen molar-refractivity contribution in [2.45, 2.75) is 59.3 Å². The number of benzene rings is 1. The van der Waals surface area contributed by atoms with E-state index >= 15 is 0 Å². The summed E-state index contributed by atoms with van der Waals surface area (Å²) in [6, 6.07) is 7.61. The number of carboxylic acid groups (broad SMARTS) is 1. The number of allylic oxidation sites excluding steroid dienone is 2. The van der Waals surface area contributed by atoms with E-state index in [0.717, 1.165) is 24.2 Å². The predicted molar refractivity (Wildman–Crippen MR) is 103 cm³/mol. The van der Waals surface area contributed by atoms with Crippen molar-refractivity contribution in [3.8, 4) is 17.6 Å². The normalized spacial score (nSPS) is 12.5. The molecule has 3 nitrogen and oxygen atoms in total. The van der Waals surface area contributed by atoms with Gasteiger partial charge in [0.25, 0.3) is 0 Å². The summed E-state index contributed by atoms with van der Waals surface area (Å²) in [6.07, 6.45) is 5.63. The van der Waals surface area contributed by atoms with Crippen LogP contribution in [0.25, 0.3) is 0 Å². The summed E-state index contributed by atoms with van der Waals surface area (Å²) in [5.74, 6) is 6.11. The van der Waals surface area contributed by atoms with Crippen LogP contribution >= 0.6 is 0 Å². The highest BCUT2D eigenvalue weighted by Crippen LogP contribution is 2.22. The molecule has 0 spiro atoms. The average molecular weight is 342 g/mol. The molecule has 1 rings (SSSR count). The summed E-state index contributed by atoms with van der Waals surface area (Å²) in [6.45, 7) is 8.94. The van der Waals surface area contributed by atoms with Crippen LogP contribution in [0.4, 0.5) is 0 Å². The summed E-state index contributed by atoms with van der Waals surface area (Å²) in [7, 11) is 0. The zero-order valence-electron chi connectivity index (χ0n) is 15.8. The summed E-state index contributed by atoms with van der Waals surface area (Å²) in [5, 5.41) is 8.99. The van der Waals surface area contributed by atoms with Crippen LogP contribution in [0.2, 0.25) is 0 Å². The van der Waals surface area contributed by atoms with Gasteiger partial charge in [-0.1, -0.05) is 36.6 Å². The molecule has 0 aliphatic carbocycles. The Kier molecular flexibility index (Phi) is 9.47. The van der Waals surface area contributed by atoms with Gasteiger partial charge in [0.1, 0.15) is 5.75 Å². The molecule has 25 heavy (non-hydrogen) atoms. The van der Waals surface area contributed by atoms with Gasteiger partial charge in [0, 0.05) is 0 Å². The number of rotatable bonds is 10. The first kappa shape index (κ1) is 20.8. The molecule has 0 heterocycles. The number of hydrogen-bond donors (Lipinski definition) is 1. The Hall–Kier alpha value is -2.21. The van der Waals surface area contributed by atoms with Gasteiger partial charge in [-0.05, 0) is 63.6 Å². The summed E-state index contributed by atoms with van der Waals surface area (Å²) in [4.78, 5) is 10.9. The van der Waals surface area contributed by atoms with Gasteiger partial charge in [-0.15, -0.1) is 5.92 Å². The molecule has 1 aromatic rings. The van der Waals surface area contributed by atoms with E-state index in [1.54, 1.807) is 6.92 Å². The van der Waals surface area contributed by atoms with Crippen LogP contribution in [-0.4, -0.2) is 17.7 Å². The zero-order chi connectivity index (χ0) is 18.7. The molecule has 3 heteroatoms. The van der Waals surface area contributed by atoms with E-state index in [4.69, 9.17) is 9.84 Å². The zero-order valence-corrected chi connectivity index (χ0v) is 15.8. The third-order valence-corrected chi connectivity index (χ3v) is 4.07. The lowest BCUT2D eigenvalue weighted by Gasteiger charge is -2.13. The van der Waals surface area contributed by atoms with Crippen LogP contribution in [0.3, 0.4) is 0 Å². The maximum absolute atomic E-state index is 10.9. The fraction of sp³-hybridized carbons (Fsp3) is 0.500. The topological polar surface area (TPSA) is 46.5 Å². The minimum Gasteiger partial charge on any atom is -0.494 e. The van der Waals surface area contributed by atoms with E-state index < -0.39 is 5.97 Å². The van der Waals surface area contributed by atoms with E-state index in [1.807, 2.05) is 24.3 Å². The Balaban J connectivity index is 2.46. The Labute approximate surface area is 152 Å². The smallest absolute Gasteiger partial charge is 0.304 e. The van der Waals surface area contributed by atoms with Gasteiger partial charge in [-0.2, -0.15) is 0 Å². The highest BCUT2D eigenvalue weighted by molar-refractivity contribution is 5.69. The lowest BCUT2D eigenvalue weighted by molar-refractivity contribution is -0.137. The summed E-state index contributed by atoms with van der Waals surface area (Å²) < 4.78 is 5.81. The van der Waals surface area contributed by atoms with Crippen LogP contribution in [0.1, 0.15) is 64.9 Å². The first-order valence-corrected chi connectivity index (χ1v) is 8.92. The molecule has 0 amide bonds. The van der Waals surface area contributed by atoms with Crippen molar-refractivity contribution >= 4 is 5.97 Å². The minimum absolute atomic E-state index is 0.0181. The molecule has 1 aromatic carbocycles. The van der Waals surface area contributed by atoms with Gasteiger partial charge in [-0.25, -0.2) is 0 Å². The Morgan fingerprint density at radius 2 is 1.92 bits per heavy atom. The Bertz CT molecular complexity index is 613. The highest BCUT2D eigenvalue weighted by Gasteiger charge is 2.13. The first-order valence-electron chi connectivity index (χ1n) is 8.92. The Morgan fingerprint density at radius 1 is 1.24 bits per heavy atom. The minimum atomic E-state index is -0.838. The van der Waals surface area contributed by atoms with Crippen LogP contribution in [0.5, 0.6) is 5.75 Å². The molecule has 136 valence electrons. The highest BCUT2D eigenvalue weighted by atomic mass is 16.5. The molecule has 0 unspecified atom stereocenters. The van der Waals surface area contributed by atoms with Gasteiger partial charge in [0.2, 0.25) is 0 Å². The second-order valence-corrected chi connectivity index (χ2v) is 6.71. The van der Waals surface area contributed by atoms with E-state index in [9.17, 15) is 4.79 Å². The van der Waals surface area contributed by atoms with Crippen molar-refractivity contribution in [1.82, 2.24) is 0 Å². The molecule has 1 N–H and O–H groups in total. The molecule has 0 aliphatic heterocycles. The SMILES string of the molecule is CC#C[C@H](CC(=O)O)c1ccc(OCC[C@@H](C)CCC=C(C)C)cc1. The van der Waals surface area contributed by atoms with E-state index in [0.29, 0.717) is 12.5 Å². The maximum Gasteiger partial charge on any atom is 0.304 e. The fourth-order valence-electron chi connectivity index (χ4n) is 2.58. The van der Waals surface area contributed by atoms with Crippen molar-refractivity contribution in [2.24, 2.45) is 5.92 Å². The Morgan fingerprint density at radius 3 is 2.48 bits per heavy atom. The van der Waals surface area contributed by atoms with Gasteiger partial charge < -0.3 is 9.84 Å². The summed E-state index contributed by atoms with van der Waals surface area (Å²) >= 11 is 0. The van der Waals surface area contributed by atoms with Crippen LogP contribution in [-0.2, 0) is 4.79 Å². The molecule has 0 aliphatic rings. The van der Waals surface area contributed by atoms with Crippen molar-refractivity contribution in [3.05, 3.63) is 41.5 Å². The number of ether oxygens (including phenoxy) is 1.